The Morgan fingerprint density at radius 1 is 1.24 bits per heavy atom. The zero-order valence-corrected chi connectivity index (χ0v) is 12.8. The Bertz CT molecular complexity index is 652. The number of imide groups is 1. The molecule has 1 aromatic carbocycles. The highest BCUT2D eigenvalue weighted by molar-refractivity contribution is 7.91. The molecule has 0 radical (unpaired) electrons. The fraction of sp³-hybridized carbons (Fsp3) is 0.429. The number of anilines is 1. The summed E-state index contributed by atoms with van der Waals surface area (Å²) < 4.78 is 23.4. The topological polar surface area (TPSA) is 83.6 Å². The average Bonchev–Trinajstić information content (AvgIpc) is 2.48. The summed E-state index contributed by atoms with van der Waals surface area (Å²) in [6.45, 7) is 1.59. The second kappa shape index (κ2) is 5.85. The first-order chi connectivity index (χ1) is 9.85. The van der Waals surface area contributed by atoms with Crippen LogP contribution in [0, 0.1) is 0 Å². The molecule has 1 fully saturated rings. The van der Waals surface area contributed by atoms with Crippen LogP contribution in [0.1, 0.15) is 19.8 Å². The van der Waals surface area contributed by atoms with Gasteiger partial charge in [-0.2, -0.15) is 0 Å². The van der Waals surface area contributed by atoms with Gasteiger partial charge in [0.25, 0.3) is 5.91 Å². The monoisotopic (exact) mass is 310 g/mol. The van der Waals surface area contributed by atoms with Gasteiger partial charge in [0, 0.05) is 19.2 Å². The number of likely N-dealkylation sites (N-methyl/N-ethyl adjacent to an activating group) is 1. The van der Waals surface area contributed by atoms with Gasteiger partial charge >= 0.3 is 0 Å². The minimum atomic E-state index is -3.22. The Hall–Kier alpha value is -1.89. The number of nitrogens with zero attached hydrogens (tertiary/aromatic N) is 1. The van der Waals surface area contributed by atoms with Crippen molar-refractivity contribution in [3.8, 4) is 0 Å². The third-order valence-electron chi connectivity index (χ3n) is 3.58. The summed E-state index contributed by atoms with van der Waals surface area (Å²) in [5.74, 6) is -0.396. The fourth-order valence-corrected chi connectivity index (χ4v) is 3.06. The number of hydrogen-bond donors (Lipinski definition) is 1. The Morgan fingerprint density at radius 2 is 1.86 bits per heavy atom. The first-order valence-electron chi connectivity index (χ1n) is 6.75. The quantitative estimate of drug-likeness (QED) is 0.840. The summed E-state index contributed by atoms with van der Waals surface area (Å²) in [4.78, 5) is 24.7. The highest BCUT2D eigenvalue weighted by Gasteiger charge is 2.31. The van der Waals surface area contributed by atoms with Crippen LogP contribution in [0.3, 0.4) is 0 Å². The van der Waals surface area contributed by atoms with Crippen LogP contribution in [-0.2, 0) is 19.4 Å². The van der Waals surface area contributed by atoms with Gasteiger partial charge in [-0.25, -0.2) is 8.42 Å². The van der Waals surface area contributed by atoms with Crippen LogP contribution in [0.25, 0.3) is 0 Å². The van der Waals surface area contributed by atoms with Crippen LogP contribution in [0.5, 0.6) is 0 Å². The third-order valence-corrected chi connectivity index (χ3v) is 5.33. The van der Waals surface area contributed by atoms with Gasteiger partial charge in [0.05, 0.1) is 10.6 Å². The van der Waals surface area contributed by atoms with Crippen molar-refractivity contribution in [2.24, 2.45) is 0 Å². The number of nitrogens with one attached hydrogen (secondary N) is 1. The maximum atomic E-state index is 12.0. The number of piperidine rings is 1. The maximum absolute atomic E-state index is 12.0. The molecular weight excluding hydrogens is 292 g/mol. The van der Waals surface area contributed by atoms with Crippen molar-refractivity contribution in [3.05, 3.63) is 24.3 Å². The van der Waals surface area contributed by atoms with Crippen molar-refractivity contribution >= 4 is 27.3 Å². The van der Waals surface area contributed by atoms with Gasteiger partial charge in [-0.15, -0.1) is 0 Å². The largest absolute Gasteiger partial charge is 0.374 e. The molecule has 0 spiro atoms. The van der Waals surface area contributed by atoms with Crippen molar-refractivity contribution in [1.82, 2.24) is 4.90 Å². The number of benzene rings is 1. The van der Waals surface area contributed by atoms with E-state index < -0.39 is 15.9 Å². The smallest absolute Gasteiger partial charge is 0.251 e. The number of amides is 2. The van der Waals surface area contributed by atoms with Gasteiger partial charge in [0.15, 0.2) is 9.84 Å². The van der Waals surface area contributed by atoms with E-state index in [1.54, 1.807) is 19.1 Å². The molecule has 6 nitrogen and oxygen atoms in total. The van der Waals surface area contributed by atoms with E-state index in [1.807, 2.05) is 0 Å². The molecule has 1 atom stereocenters. The van der Waals surface area contributed by atoms with E-state index in [0.29, 0.717) is 18.5 Å². The minimum absolute atomic E-state index is 0.0494. The lowest BCUT2D eigenvalue weighted by atomic mass is 10.0. The van der Waals surface area contributed by atoms with E-state index in [1.165, 1.54) is 19.2 Å². The molecule has 1 unspecified atom stereocenters. The zero-order chi connectivity index (χ0) is 15.6. The maximum Gasteiger partial charge on any atom is 0.251 e. The normalized spacial score (nSPS) is 19.7. The van der Waals surface area contributed by atoms with E-state index in [0.717, 1.165) is 4.90 Å². The van der Waals surface area contributed by atoms with Crippen LogP contribution in [0.15, 0.2) is 29.2 Å². The van der Waals surface area contributed by atoms with E-state index in [4.69, 9.17) is 0 Å². The van der Waals surface area contributed by atoms with E-state index >= 15 is 0 Å². The summed E-state index contributed by atoms with van der Waals surface area (Å²) in [5.41, 5.74) is 0.658. The van der Waals surface area contributed by atoms with Gasteiger partial charge in [0.2, 0.25) is 5.91 Å². The Balaban J connectivity index is 2.11. The summed E-state index contributed by atoms with van der Waals surface area (Å²) in [7, 11) is -1.75. The summed E-state index contributed by atoms with van der Waals surface area (Å²) >= 11 is 0. The van der Waals surface area contributed by atoms with Crippen molar-refractivity contribution < 1.29 is 18.0 Å². The molecular formula is C14H18N2O4S. The van der Waals surface area contributed by atoms with Crippen LogP contribution in [-0.4, -0.2) is 44.0 Å². The molecule has 1 aliphatic rings. The number of carbonyl (C=O) groups excluding carboxylic acids is 2. The number of rotatable bonds is 4. The second-order valence-corrected chi connectivity index (χ2v) is 7.23. The van der Waals surface area contributed by atoms with E-state index in [9.17, 15) is 18.0 Å². The van der Waals surface area contributed by atoms with Gasteiger partial charge in [-0.3, -0.25) is 14.5 Å². The van der Waals surface area contributed by atoms with Gasteiger partial charge < -0.3 is 5.32 Å². The van der Waals surface area contributed by atoms with Gasteiger partial charge in [0.1, 0.15) is 6.04 Å². The molecule has 2 rings (SSSR count). The standard InChI is InChI=1S/C14H18N2O4S/c1-3-21(19,20)11-6-4-10(5-7-11)15-12-8-9-13(17)16(2)14(12)18/h4-7,12,15H,3,8-9H2,1-2H3. The average molecular weight is 310 g/mol. The SMILES string of the molecule is CCS(=O)(=O)c1ccc(NC2CCC(=O)N(C)C2=O)cc1. The zero-order valence-electron chi connectivity index (χ0n) is 12.0. The molecule has 1 heterocycles. The molecule has 0 saturated carbocycles. The summed E-state index contributed by atoms with van der Waals surface area (Å²) in [6.07, 6.45) is 0.763. The first kappa shape index (κ1) is 15.5. The predicted octanol–water partition coefficient (Wildman–Crippen LogP) is 1.04. The van der Waals surface area contributed by atoms with Crippen molar-refractivity contribution in [3.63, 3.8) is 0 Å². The van der Waals surface area contributed by atoms with Crippen molar-refractivity contribution in [1.29, 1.82) is 0 Å². The Morgan fingerprint density at radius 3 is 2.43 bits per heavy atom. The molecule has 1 aromatic rings. The molecule has 0 aromatic heterocycles. The molecule has 7 heteroatoms. The van der Waals surface area contributed by atoms with Crippen molar-refractivity contribution in [2.75, 3.05) is 18.1 Å². The molecule has 21 heavy (non-hydrogen) atoms. The van der Waals surface area contributed by atoms with E-state index in [-0.39, 0.29) is 22.5 Å². The highest BCUT2D eigenvalue weighted by Crippen LogP contribution is 2.19. The Labute approximate surface area is 124 Å². The lowest BCUT2D eigenvalue weighted by molar-refractivity contribution is -0.146. The van der Waals surface area contributed by atoms with Crippen LogP contribution < -0.4 is 5.32 Å². The van der Waals surface area contributed by atoms with Crippen molar-refractivity contribution in [2.45, 2.75) is 30.7 Å². The number of carbonyl (C=O) groups is 2. The predicted molar refractivity (Wildman–Crippen MR) is 78.6 cm³/mol. The molecule has 0 bridgehead atoms. The number of likely N-dealkylation sites (tertiary alicyclic amines) is 1. The molecule has 0 aliphatic carbocycles. The van der Waals surface area contributed by atoms with E-state index in [2.05, 4.69) is 5.32 Å². The van der Waals surface area contributed by atoms with Gasteiger partial charge in [-0.1, -0.05) is 6.92 Å². The fourth-order valence-electron chi connectivity index (χ4n) is 2.18. The summed E-state index contributed by atoms with van der Waals surface area (Å²) in [5, 5.41) is 3.04. The minimum Gasteiger partial charge on any atom is -0.374 e. The molecule has 1 aliphatic heterocycles. The molecule has 1 saturated heterocycles. The number of sulfone groups is 1. The Kier molecular flexibility index (Phi) is 4.32. The molecule has 2 amide bonds. The van der Waals surface area contributed by atoms with Gasteiger partial charge in [-0.05, 0) is 30.7 Å². The summed E-state index contributed by atoms with van der Waals surface area (Å²) in [6, 6.07) is 5.84. The number of hydrogen-bond acceptors (Lipinski definition) is 5. The van der Waals surface area contributed by atoms with Crippen LogP contribution in [0.2, 0.25) is 0 Å². The molecule has 1 N–H and O–H groups in total. The molecule has 114 valence electrons. The second-order valence-electron chi connectivity index (χ2n) is 4.95. The third kappa shape index (κ3) is 3.24. The highest BCUT2D eigenvalue weighted by atomic mass is 32.2. The lowest BCUT2D eigenvalue weighted by Gasteiger charge is -2.28. The van der Waals surface area contributed by atoms with Crippen LogP contribution >= 0.6 is 0 Å². The first-order valence-corrected chi connectivity index (χ1v) is 8.40. The lowest BCUT2D eigenvalue weighted by Crippen LogP contribution is -2.48. The van der Waals surface area contributed by atoms with Crippen LogP contribution in [0.4, 0.5) is 5.69 Å².